The van der Waals surface area contributed by atoms with Crippen LogP contribution in [0.25, 0.3) is 0 Å². The maximum Gasteiger partial charge on any atom is 0.0419 e. The van der Waals surface area contributed by atoms with Crippen LogP contribution in [-0.4, -0.2) is 6.54 Å². The zero-order valence-electron chi connectivity index (χ0n) is 7.51. The van der Waals surface area contributed by atoms with Crippen molar-refractivity contribution in [1.29, 1.82) is 0 Å². The summed E-state index contributed by atoms with van der Waals surface area (Å²) in [6, 6.07) is 0. The molecule has 64 valence electrons. The molecule has 0 amide bonds. The highest BCUT2D eigenvalue weighted by Crippen LogP contribution is 2.13. The summed E-state index contributed by atoms with van der Waals surface area (Å²) in [7, 11) is 0. The van der Waals surface area contributed by atoms with E-state index in [1.807, 2.05) is 0 Å². The summed E-state index contributed by atoms with van der Waals surface area (Å²) in [4.78, 5) is 0. The number of rotatable bonds is 3. The van der Waals surface area contributed by atoms with Gasteiger partial charge < -0.3 is 5.32 Å². The largest absolute Gasteiger partial charge is 0.385 e. The fraction of sp³-hybridized carbons (Fsp3) is 0.455. The zero-order valence-corrected chi connectivity index (χ0v) is 7.51. The molecule has 1 N–H and O–H groups in total. The second-order valence-corrected chi connectivity index (χ2v) is 2.95. The van der Waals surface area contributed by atoms with Gasteiger partial charge in [-0.05, 0) is 18.9 Å². The lowest BCUT2D eigenvalue weighted by Crippen LogP contribution is -2.14. The first-order valence-electron chi connectivity index (χ1n) is 4.45. The molecule has 0 saturated carbocycles. The van der Waals surface area contributed by atoms with Gasteiger partial charge in [0.1, 0.15) is 0 Å². The van der Waals surface area contributed by atoms with Gasteiger partial charge in [-0.1, -0.05) is 25.0 Å². The van der Waals surface area contributed by atoms with E-state index in [0.29, 0.717) is 5.92 Å². The molecule has 1 aliphatic carbocycles. The average Bonchev–Trinajstić information content (AvgIpc) is 2.15. The van der Waals surface area contributed by atoms with E-state index in [1.165, 1.54) is 5.70 Å². The van der Waals surface area contributed by atoms with E-state index >= 15 is 0 Å². The molecule has 1 unspecified atom stereocenters. The molecule has 1 atom stereocenters. The van der Waals surface area contributed by atoms with Crippen molar-refractivity contribution < 1.29 is 0 Å². The van der Waals surface area contributed by atoms with E-state index in [9.17, 15) is 0 Å². The first-order valence-corrected chi connectivity index (χ1v) is 4.45. The molecular weight excluding hydrogens is 146 g/mol. The van der Waals surface area contributed by atoms with E-state index in [-0.39, 0.29) is 0 Å². The third kappa shape index (κ3) is 2.47. The minimum absolute atomic E-state index is 0.303. The van der Waals surface area contributed by atoms with E-state index in [2.05, 4.69) is 36.4 Å². The van der Waals surface area contributed by atoms with Gasteiger partial charge in [-0.15, -0.1) is 6.42 Å². The van der Waals surface area contributed by atoms with Gasteiger partial charge in [0, 0.05) is 18.2 Å². The predicted octanol–water partition coefficient (Wildman–Crippen LogP) is 2.08. The highest BCUT2D eigenvalue weighted by atomic mass is 14.9. The van der Waals surface area contributed by atoms with Gasteiger partial charge in [0.05, 0.1) is 0 Å². The van der Waals surface area contributed by atoms with Crippen LogP contribution in [0.4, 0.5) is 0 Å². The van der Waals surface area contributed by atoms with Crippen molar-refractivity contribution in [2.75, 3.05) is 6.54 Å². The Morgan fingerprint density at radius 3 is 3.08 bits per heavy atom. The molecule has 0 aromatic heterocycles. The third-order valence-electron chi connectivity index (χ3n) is 1.89. The number of terminal acetylenes is 1. The van der Waals surface area contributed by atoms with Gasteiger partial charge in [-0.25, -0.2) is 0 Å². The van der Waals surface area contributed by atoms with Crippen LogP contribution >= 0.6 is 0 Å². The molecule has 1 nitrogen and oxygen atoms in total. The fourth-order valence-electron chi connectivity index (χ4n) is 1.14. The van der Waals surface area contributed by atoms with Crippen molar-refractivity contribution in [1.82, 2.24) is 5.32 Å². The normalized spacial score (nSPS) is 21.3. The van der Waals surface area contributed by atoms with E-state index < -0.39 is 0 Å². The molecule has 0 heterocycles. The molecule has 0 bridgehead atoms. The Bertz CT molecular complexity index is 230. The molecular formula is C11H15N. The minimum atomic E-state index is 0.303. The van der Waals surface area contributed by atoms with Crippen LogP contribution in [0.15, 0.2) is 23.9 Å². The van der Waals surface area contributed by atoms with Crippen molar-refractivity contribution >= 4 is 0 Å². The van der Waals surface area contributed by atoms with Crippen molar-refractivity contribution in [3.63, 3.8) is 0 Å². The van der Waals surface area contributed by atoms with Crippen molar-refractivity contribution in [3.05, 3.63) is 23.9 Å². The molecule has 1 aliphatic rings. The predicted molar refractivity (Wildman–Crippen MR) is 52.5 cm³/mol. The summed E-state index contributed by atoms with van der Waals surface area (Å²) in [5, 5.41) is 3.32. The molecule has 0 aromatic rings. The molecule has 0 saturated heterocycles. The van der Waals surface area contributed by atoms with Crippen LogP contribution in [0, 0.1) is 18.3 Å². The van der Waals surface area contributed by atoms with Gasteiger partial charge in [0.2, 0.25) is 0 Å². The van der Waals surface area contributed by atoms with Crippen LogP contribution in [-0.2, 0) is 0 Å². The number of hydrogen-bond acceptors (Lipinski definition) is 1. The highest BCUT2D eigenvalue weighted by molar-refractivity contribution is 5.25. The van der Waals surface area contributed by atoms with Crippen molar-refractivity contribution in [2.24, 2.45) is 5.92 Å². The van der Waals surface area contributed by atoms with Crippen LogP contribution < -0.4 is 5.32 Å². The fourth-order valence-corrected chi connectivity index (χ4v) is 1.14. The van der Waals surface area contributed by atoms with Crippen LogP contribution in [0.5, 0.6) is 0 Å². The van der Waals surface area contributed by atoms with E-state index in [1.54, 1.807) is 0 Å². The Labute approximate surface area is 74.6 Å². The Kier molecular flexibility index (Phi) is 3.47. The smallest absolute Gasteiger partial charge is 0.0419 e. The maximum atomic E-state index is 5.30. The second kappa shape index (κ2) is 4.66. The molecule has 1 heteroatoms. The summed E-state index contributed by atoms with van der Waals surface area (Å²) < 4.78 is 0. The quantitative estimate of drug-likeness (QED) is 0.625. The molecule has 0 aromatic carbocycles. The third-order valence-corrected chi connectivity index (χ3v) is 1.89. The molecule has 0 radical (unpaired) electrons. The SMILES string of the molecule is C#CC1C=CC(NCCC)=CC1. The zero-order chi connectivity index (χ0) is 8.81. The first-order chi connectivity index (χ1) is 5.86. The highest BCUT2D eigenvalue weighted by Gasteiger charge is 2.03. The number of allylic oxidation sites excluding steroid dienone is 3. The lowest BCUT2D eigenvalue weighted by atomic mass is 10.0. The summed E-state index contributed by atoms with van der Waals surface area (Å²) in [5.41, 5.74) is 1.21. The topological polar surface area (TPSA) is 12.0 Å². The second-order valence-electron chi connectivity index (χ2n) is 2.95. The number of hydrogen-bond donors (Lipinski definition) is 1. The lowest BCUT2D eigenvalue weighted by molar-refractivity contribution is 0.754. The van der Waals surface area contributed by atoms with Crippen molar-refractivity contribution in [2.45, 2.75) is 19.8 Å². The maximum absolute atomic E-state index is 5.30. The molecule has 12 heavy (non-hydrogen) atoms. The Balaban J connectivity index is 2.37. The molecule has 0 aliphatic heterocycles. The van der Waals surface area contributed by atoms with Gasteiger partial charge in [-0.3, -0.25) is 0 Å². The van der Waals surface area contributed by atoms with Crippen LogP contribution in [0.1, 0.15) is 19.8 Å². The van der Waals surface area contributed by atoms with Crippen LogP contribution in [0.2, 0.25) is 0 Å². The molecule has 0 spiro atoms. The van der Waals surface area contributed by atoms with Gasteiger partial charge >= 0.3 is 0 Å². The van der Waals surface area contributed by atoms with Crippen LogP contribution in [0.3, 0.4) is 0 Å². The summed E-state index contributed by atoms with van der Waals surface area (Å²) >= 11 is 0. The Morgan fingerprint density at radius 1 is 1.75 bits per heavy atom. The Morgan fingerprint density at radius 2 is 2.58 bits per heavy atom. The molecule has 1 rings (SSSR count). The van der Waals surface area contributed by atoms with E-state index in [0.717, 1.165) is 19.4 Å². The van der Waals surface area contributed by atoms with Gasteiger partial charge in [-0.2, -0.15) is 0 Å². The first kappa shape index (κ1) is 8.93. The van der Waals surface area contributed by atoms with Crippen molar-refractivity contribution in [3.8, 4) is 12.3 Å². The summed E-state index contributed by atoms with van der Waals surface area (Å²) in [5.74, 6) is 3.02. The number of nitrogens with one attached hydrogen (secondary N) is 1. The lowest BCUT2D eigenvalue weighted by Gasteiger charge is -2.12. The molecule has 0 fully saturated rings. The average molecular weight is 161 g/mol. The van der Waals surface area contributed by atoms with E-state index in [4.69, 9.17) is 6.42 Å². The monoisotopic (exact) mass is 161 g/mol. The van der Waals surface area contributed by atoms with Gasteiger partial charge in [0.25, 0.3) is 0 Å². The summed E-state index contributed by atoms with van der Waals surface area (Å²) in [6.07, 6.45) is 13.7. The minimum Gasteiger partial charge on any atom is -0.385 e. The Hall–Kier alpha value is -1.16. The standard InChI is InChI=1S/C11H15N/c1-3-9-12-11-7-5-10(4-2)6-8-11/h2,5,7-8,10,12H,3,6,9H2,1H3. The van der Waals surface area contributed by atoms with Gasteiger partial charge in [0.15, 0.2) is 0 Å². The summed E-state index contributed by atoms with van der Waals surface area (Å²) in [6.45, 7) is 3.20.